The second-order valence-electron chi connectivity index (χ2n) is 11.1. The Morgan fingerprint density at radius 3 is 1.43 bits per heavy atom. The van der Waals surface area contributed by atoms with Crippen molar-refractivity contribution < 1.29 is 15.1 Å². The third-order valence-electron chi connectivity index (χ3n) is 8.48. The number of aryl methyl sites for hydroxylation is 1. The minimum atomic E-state index is 0. The second kappa shape index (κ2) is 16.5. The quantitative estimate of drug-likeness (QED) is 0.231. The fourth-order valence-corrected chi connectivity index (χ4v) is 6.37. The zero-order chi connectivity index (χ0) is 25.6. The summed E-state index contributed by atoms with van der Waals surface area (Å²) < 4.78 is 2.29. The summed E-state index contributed by atoms with van der Waals surface area (Å²) in [6.45, 7) is 9.75. The van der Waals surface area contributed by atoms with E-state index < -0.39 is 0 Å². The Balaban J connectivity index is 0.00000187. The summed E-state index contributed by atoms with van der Waals surface area (Å²) in [6.07, 6.45) is 10.9. The summed E-state index contributed by atoms with van der Waals surface area (Å²) in [4.78, 5) is 31.2. The maximum Gasteiger partial charge on any atom is 0.162 e. The molecule has 1 aromatic heterocycles. The molecule has 2 aliphatic rings. The first-order valence-corrected chi connectivity index (χ1v) is 14.7. The lowest BCUT2D eigenvalue weighted by Crippen LogP contribution is -2.30. The number of hydrogen-bond donors (Lipinski definition) is 0. The molecule has 0 radical (unpaired) electrons. The van der Waals surface area contributed by atoms with Crippen LogP contribution >= 0.6 is 24.8 Å². The highest BCUT2D eigenvalue weighted by atomic mass is 35.5. The molecule has 0 amide bonds. The SMILES string of the molecule is CCn1c2ccc(C(=O)CCCN3CCCCC3)cc2c2cc(C(=O)CCCN3CCCCC3)ccc21.Cl.Cl.O. The smallest absolute Gasteiger partial charge is 0.162 e. The Labute approximate surface area is 251 Å². The van der Waals surface area contributed by atoms with Gasteiger partial charge in [0, 0.05) is 52.3 Å². The maximum absolute atomic E-state index is 13.1. The number of fused-ring (bicyclic) bond motifs is 3. The number of piperidine rings is 2. The van der Waals surface area contributed by atoms with Gasteiger partial charge in [-0.1, -0.05) is 12.8 Å². The van der Waals surface area contributed by atoms with E-state index >= 15 is 0 Å². The van der Waals surface area contributed by atoms with E-state index in [1.54, 1.807) is 0 Å². The topological polar surface area (TPSA) is 77.1 Å². The van der Waals surface area contributed by atoms with Crippen LogP contribution in [0.1, 0.15) is 91.8 Å². The Bertz CT molecular complexity index is 1150. The van der Waals surface area contributed by atoms with Gasteiger partial charge in [-0.3, -0.25) is 9.59 Å². The second-order valence-corrected chi connectivity index (χ2v) is 11.1. The van der Waals surface area contributed by atoms with Gasteiger partial charge >= 0.3 is 0 Å². The first-order valence-electron chi connectivity index (χ1n) is 14.7. The highest BCUT2D eigenvalue weighted by molar-refractivity contribution is 6.13. The van der Waals surface area contributed by atoms with Crippen LogP contribution in [0.15, 0.2) is 36.4 Å². The molecular formula is C32H47Cl2N3O3. The minimum Gasteiger partial charge on any atom is -0.412 e. The predicted octanol–water partition coefficient (Wildman–Crippen LogP) is 6.73. The largest absolute Gasteiger partial charge is 0.412 e. The van der Waals surface area contributed by atoms with Gasteiger partial charge in [-0.25, -0.2) is 0 Å². The number of rotatable bonds is 11. The molecule has 3 heterocycles. The molecule has 0 spiro atoms. The Hall–Kier alpha value is -1.96. The van der Waals surface area contributed by atoms with E-state index in [0.29, 0.717) is 12.8 Å². The number of halogens is 2. The maximum atomic E-state index is 13.1. The molecular weight excluding hydrogens is 545 g/mol. The van der Waals surface area contributed by atoms with Crippen molar-refractivity contribution in [2.45, 2.75) is 77.7 Å². The van der Waals surface area contributed by atoms with Gasteiger partial charge in [0.1, 0.15) is 0 Å². The first-order chi connectivity index (χ1) is 18.1. The molecule has 2 aliphatic heterocycles. The zero-order valence-corrected chi connectivity index (χ0v) is 25.6. The van der Waals surface area contributed by atoms with Crippen LogP contribution in [0.3, 0.4) is 0 Å². The summed E-state index contributed by atoms with van der Waals surface area (Å²) >= 11 is 0. The number of likely N-dealkylation sites (tertiary alicyclic amines) is 2. The molecule has 8 heteroatoms. The normalized spacial score (nSPS) is 16.2. The molecule has 40 heavy (non-hydrogen) atoms. The number of carbonyl (C=O) groups is 2. The molecule has 2 saturated heterocycles. The highest BCUT2D eigenvalue weighted by Crippen LogP contribution is 2.31. The van der Waals surface area contributed by atoms with Gasteiger partial charge in [-0.05, 0) is 121 Å². The van der Waals surface area contributed by atoms with Gasteiger partial charge in [-0.15, -0.1) is 24.8 Å². The molecule has 0 unspecified atom stereocenters. The van der Waals surface area contributed by atoms with Crippen molar-refractivity contribution in [3.05, 3.63) is 47.5 Å². The van der Waals surface area contributed by atoms with Crippen molar-refractivity contribution in [2.75, 3.05) is 39.3 Å². The zero-order valence-electron chi connectivity index (χ0n) is 24.0. The fourth-order valence-electron chi connectivity index (χ4n) is 6.37. The summed E-state index contributed by atoms with van der Waals surface area (Å²) in [5.74, 6) is 0.447. The standard InChI is InChI=1S/C32H43N3O2.2ClH.H2O/c1-2-35-29-15-13-25(31(36)11-9-21-33-17-5-3-6-18-33)23-27(29)28-24-26(14-16-30(28)35)32(37)12-10-22-34-19-7-4-8-20-34;;;/h13-16,23-24H,2-12,17-22H2,1H3;2*1H;1H2. The Morgan fingerprint density at radius 2 is 1.05 bits per heavy atom. The number of ketones is 2. The van der Waals surface area contributed by atoms with Crippen molar-refractivity contribution in [3.63, 3.8) is 0 Å². The third-order valence-corrected chi connectivity index (χ3v) is 8.48. The van der Waals surface area contributed by atoms with Crippen LogP contribution in [0.4, 0.5) is 0 Å². The van der Waals surface area contributed by atoms with Gasteiger partial charge < -0.3 is 19.8 Å². The molecule has 0 aliphatic carbocycles. The van der Waals surface area contributed by atoms with Crippen LogP contribution in [-0.2, 0) is 6.54 Å². The van der Waals surface area contributed by atoms with Crippen LogP contribution in [0.25, 0.3) is 21.8 Å². The summed E-state index contributed by atoms with van der Waals surface area (Å²) in [5, 5.41) is 2.17. The molecule has 2 fully saturated rings. The minimum absolute atomic E-state index is 0. The average Bonchev–Trinajstić information content (AvgIpc) is 3.26. The van der Waals surface area contributed by atoms with Crippen LogP contribution in [-0.4, -0.2) is 70.7 Å². The van der Waals surface area contributed by atoms with Crippen LogP contribution in [0.2, 0.25) is 0 Å². The van der Waals surface area contributed by atoms with E-state index in [2.05, 4.69) is 45.6 Å². The van der Waals surface area contributed by atoms with E-state index in [4.69, 9.17) is 0 Å². The lowest BCUT2D eigenvalue weighted by Gasteiger charge is -2.26. The molecule has 3 aromatic rings. The Morgan fingerprint density at radius 1 is 0.650 bits per heavy atom. The lowest BCUT2D eigenvalue weighted by atomic mass is 10.0. The lowest BCUT2D eigenvalue weighted by molar-refractivity contribution is 0.0965. The third kappa shape index (κ3) is 8.07. The van der Waals surface area contributed by atoms with Crippen LogP contribution in [0, 0.1) is 0 Å². The van der Waals surface area contributed by atoms with E-state index in [0.717, 1.165) is 65.4 Å². The van der Waals surface area contributed by atoms with Crippen molar-refractivity contribution in [2.24, 2.45) is 0 Å². The molecule has 5 rings (SSSR count). The molecule has 222 valence electrons. The summed E-state index contributed by atoms with van der Waals surface area (Å²) in [7, 11) is 0. The van der Waals surface area contributed by atoms with Gasteiger partial charge in [0.05, 0.1) is 0 Å². The van der Waals surface area contributed by atoms with Crippen molar-refractivity contribution in [1.82, 2.24) is 14.4 Å². The molecule has 6 nitrogen and oxygen atoms in total. The van der Waals surface area contributed by atoms with E-state index in [-0.39, 0.29) is 41.9 Å². The number of hydrogen-bond acceptors (Lipinski definition) is 4. The molecule has 0 bridgehead atoms. The van der Waals surface area contributed by atoms with Gasteiger partial charge in [0.2, 0.25) is 0 Å². The number of carbonyl (C=O) groups excluding carboxylic acids is 2. The highest BCUT2D eigenvalue weighted by Gasteiger charge is 2.17. The number of nitrogens with zero attached hydrogens (tertiary/aromatic N) is 3. The fraction of sp³-hybridized carbons (Fsp3) is 0.562. The van der Waals surface area contributed by atoms with Crippen molar-refractivity contribution >= 4 is 58.2 Å². The molecule has 0 atom stereocenters. The average molecular weight is 593 g/mol. The summed E-state index contributed by atoms with van der Waals surface area (Å²) in [5.41, 5.74) is 3.85. The molecule has 0 saturated carbocycles. The van der Waals surface area contributed by atoms with Gasteiger partial charge in [0.15, 0.2) is 11.6 Å². The van der Waals surface area contributed by atoms with Crippen LogP contribution in [0.5, 0.6) is 0 Å². The number of aromatic nitrogens is 1. The van der Waals surface area contributed by atoms with E-state index in [1.807, 2.05) is 12.1 Å². The number of Topliss-reactive ketones (excluding diaryl/α,β-unsaturated/α-hetero) is 2. The molecule has 2 N–H and O–H groups in total. The first kappa shape index (κ1) is 34.2. The number of benzene rings is 2. The molecule has 2 aromatic carbocycles. The van der Waals surface area contributed by atoms with E-state index in [1.165, 1.54) is 64.7 Å². The monoisotopic (exact) mass is 591 g/mol. The van der Waals surface area contributed by atoms with Crippen molar-refractivity contribution in [3.8, 4) is 0 Å². The summed E-state index contributed by atoms with van der Waals surface area (Å²) in [6, 6.07) is 12.3. The van der Waals surface area contributed by atoms with E-state index in [9.17, 15) is 9.59 Å². The van der Waals surface area contributed by atoms with Gasteiger partial charge in [-0.2, -0.15) is 0 Å². The van der Waals surface area contributed by atoms with Crippen LogP contribution < -0.4 is 0 Å². The predicted molar refractivity (Wildman–Crippen MR) is 171 cm³/mol. The Kier molecular flexibility index (Phi) is 14.1. The van der Waals surface area contributed by atoms with Crippen molar-refractivity contribution in [1.29, 1.82) is 0 Å². The van der Waals surface area contributed by atoms with Gasteiger partial charge in [0.25, 0.3) is 0 Å².